The van der Waals surface area contributed by atoms with E-state index in [4.69, 9.17) is 9.88 Å². The van der Waals surface area contributed by atoms with E-state index in [1.54, 1.807) is 18.3 Å². The average molecular weight is 380 g/mol. The maximum absolute atomic E-state index is 10.9. The van der Waals surface area contributed by atoms with Gasteiger partial charge in [0.1, 0.15) is 0 Å². The van der Waals surface area contributed by atoms with Crippen molar-refractivity contribution in [3.8, 4) is 11.5 Å². The minimum absolute atomic E-state index is 0.0956. The molecule has 0 unspecified atom stereocenters. The second-order valence-electron chi connectivity index (χ2n) is 6.53. The van der Waals surface area contributed by atoms with Crippen LogP contribution in [0.4, 0.5) is 5.69 Å². The number of nitrogens with zero attached hydrogens (tertiary/aromatic N) is 2. The molecule has 9 heteroatoms. The Balaban J connectivity index is 1.69. The minimum atomic E-state index is -3.61. The van der Waals surface area contributed by atoms with Gasteiger partial charge in [-0.25, -0.2) is 9.86 Å². The molecule has 26 heavy (non-hydrogen) atoms. The number of nitrogens with one attached hydrogen (secondary N) is 1. The lowest BCUT2D eigenvalue weighted by Gasteiger charge is -2.34. The van der Waals surface area contributed by atoms with Crippen molar-refractivity contribution in [3.05, 3.63) is 24.4 Å². The third-order valence-corrected chi connectivity index (χ3v) is 5.44. The highest BCUT2D eigenvalue weighted by molar-refractivity contribution is 7.87. The van der Waals surface area contributed by atoms with E-state index in [-0.39, 0.29) is 5.75 Å². The van der Waals surface area contributed by atoms with Gasteiger partial charge in [-0.1, -0.05) is 0 Å². The summed E-state index contributed by atoms with van der Waals surface area (Å²) in [7, 11) is -2.10. The molecule has 1 aliphatic heterocycles. The molecule has 0 amide bonds. The smallest absolute Gasteiger partial charge is 0.274 e. The predicted octanol–water partition coefficient (Wildman–Crippen LogP) is 1.35. The van der Waals surface area contributed by atoms with Crippen LogP contribution < -0.4 is 19.5 Å². The van der Waals surface area contributed by atoms with E-state index in [9.17, 15) is 13.5 Å². The molecule has 4 N–H and O–H groups in total. The first-order valence-corrected chi connectivity index (χ1v) is 10.1. The average Bonchev–Trinajstić information content (AvgIpc) is 2.60. The predicted molar refractivity (Wildman–Crippen MR) is 101 cm³/mol. The number of pyridine rings is 1. The zero-order valence-corrected chi connectivity index (χ0v) is 15.5. The lowest BCUT2D eigenvalue weighted by Crippen LogP contribution is -2.36. The van der Waals surface area contributed by atoms with Gasteiger partial charge in [0.15, 0.2) is 11.5 Å². The Morgan fingerprint density at radius 2 is 2.12 bits per heavy atom. The normalized spacial score (nSPS) is 16.2. The standard InChI is InChI=1S/C17H24N4O4S/c1-25-17-11-14-13(10-16(17)22)15(3-6-19-14)21-8-4-12(5-9-21)2-7-20-26(18,23)24/h3,6,10-12,20,22H,2,4-5,7-9H2,1H3,(H2,18,23,24). The number of ether oxygens (including phenoxy) is 1. The molecular weight excluding hydrogens is 356 g/mol. The molecule has 2 aromatic rings. The number of phenolic OH excluding ortho intramolecular Hbond substituents is 1. The van der Waals surface area contributed by atoms with Gasteiger partial charge < -0.3 is 14.7 Å². The first kappa shape index (κ1) is 18.7. The van der Waals surface area contributed by atoms with E-state index in [1.807, 2.05) is 6.07 Å². The number of benzene rings is 1. The zero-order chi connectivity index (χ0) is 18.7. The molecule has 0 atom stereocenters. The largest absolute Gasteiger partial charge is 0.504 e. The number of aromatic hydroxyl groups is 1. The molecular formula is C17H24N4O4S. The molecule has 0 radical (unpaired) electrons. The van der Waals surface area contributed by atoms with Crippen LogP contribution in [-0.2, 0) is 10.2 Å². The lowest BCUT2D eigenvalue weighted by molar-refractivity contribution is 0.374. The highest BCUT2D eigenvalue weighted by Crippen LogP contribution is 2.36. The fourth-order valence-electron chi connectivity index (χ4n) is 3.45. The van der Waals surface area contributed by atoms with Crippen LogP contribution in [0.2, 0.25) is 0 Å². The van der Waals surface area contributed by atoms with Crippen LogP contribution in [0.1, 0.15) is 19.3 Å². The lowest BCUT2D eigenvalue weighted by atomic mass is 9.93. The number of anilines is 1. The van der Waals surface area contributed by atoms with Crippen molar-refractivity contribution >= 4 is 26.8 Å². The number of nitrogens with two attached hydrogens (primary N) is 1. The molecule has 2 heterocycles. The zero-order valence-electron chi connectivity index (χ0n) is 14.7. The Labute approximate surface area is 153 Å². The quantitative estimate of drug-likeness (QED) is 0.696. The van der Waals surface area contributed by atoms with Crippen LogP contribution >= 0.6 is 0 Å². The first-order valence-electron chi connectivity index (χ1n) is 8.55. The molecule has 0 saturated carbocycles. The van der Waals surface area contributed by atoms with Crippen LogP contribution in [0.25, 0.3) is 10.9 Å². The monoisotopic (exact) mass is 380 g/mol. The molecule has 1 fully saturated rings. The summed E-state index contributed by atoms with van der Waals surface area (Å²) in [5.41, 5.74) is 1.81. The van der Waals surface area contributed by atoms with Crippen LogP contribution in [0.15, 0.2) is 24.4 Å². The van der Waals surface area contributed by atoms with Gasteiger partial charge in [0.2, 0.25) is 0 Å². The van der Waals surface area contributed by atoms with Gasteiger partial charge in [-0.05, 0) is 37.3 Å². The number of piperidine rings is 1. The molecule has 0 aliphatic carbocycles. The summed E-state index contributed by atoms with van der Waals surface area (Å²) < 4.78 is 29.4. The summed E-state index contributed by atoms with van der Waals surface area (Å²) >= 11 is 0. The van der Waals surface area contributed by atoms with Crippen molar-refractivity contribution < 1.29 is 18.3 Å². The number of methoxy groups -OCH3 is 1. The number of fused-ring (bicyclic) bond motifs is 1. The van der Waals surface area contributed by atoms with Gasteiger partial charge in [-0.3, -0.25) is 4.98 Å². The molecule has 0 bridgehead atoms. The molecule has 0 spiro atoms. The maximum atomic E-state index is 10.9. The minimum Gasteiger partial charge on any atom is -0.504 e. The molecule has 3 rings (SSSR count). The van der Waals surface area contributed by atoms with E-state index in [0.29, 0.717) is 18.2 Å². The highest BCUT2D eigenvalue weighted by atomic mass is 32.2. The van der Waals surface area contributed by atoms with Crippen molar-refractivity contribution in [1.82, 2.24) is 9.71 Å². The van der Waals surface area contributed by atoms with E-state index in [0.717, 1.165) is 48.9 Å². The third-order valence-electron chi connectivity index (χ3n) is 4.83. The Morgan fingerprint density at radius 3 is 2.77 bits per heavy atom. The van der Waals surface area contributed by atoms with Crippen LogP contribution in [-0.4, -0.2) is 45.3 Å². The topological polar surface area (TPSA) is 118 Å². The number of hydrogen-bond donors (Lipinski definition) is 3. The Bertz CT molecular complexity index is 880. The highest BCUT2D eigenvalue weighted by Gasteiger charge is 2.21. The Kier molecular flexibility index (Phi) is 5.49. The van der Waals surface area contributed by atoms with E-state index in [2.05, 4.69) is 14.6 Å². The van der Waals surface area contributed by atoms with Gasteiger partial charge in [0.25, 0.3) is 10.2 Å². The maximum Gasteiger partial charge on any atom is 0.274 e. The van der Waals surface area contributed by atoms with Crippen molar-refractivity contribution in [2.24, 2.45) is 11.1 Å². The van der Waals surface area contributed by atoms with Gasteiger partial charge in [-0.2, -0.15) is 8.42 Å². The summed E-state index contributed by atoms with van der Waals surface area (Å²) in [6.45, 7) is 2.10. The number of phenols is 1. The SMILES string of the molecule is COc1cc2nccc(N3CCC(CCNS(N)(=O)=O)CC3)c2cc1O. The summed E-state index contributed by atoms with van der Waals surface area (Å²) in [5.74, 6) is 0.962. The molecule has 1 aromatic carbocycles. The van der Waals surface area contributed by atoms with Gasteiger partial charge in [0.05, 0.1) is 12.6 Å². The van der Waals surface area contributed by atoms with Crippen LogP contribution in [0.5, 0.6) is 11.5 Å². The van der Waals surface area contributed by atoms with Crippen molar-refractivity contribution in [2.45, 2.75) is 19.3 Å². The molecule has 1 saturated heterocycles. The van der Waals surface area contributed by atoms with Crippen LogP contribution in [0, 0.1) is 5.92 Å². The van der Waals surface area contributed by atoms with Crippen molar-refractivity contribution in [3.63, 3.8) is 0 Å². The van der Waals surface area contributed by atoms with Crippen molar-refractivity contribution in [2.75, 3.05) is 31.6 Å². The van der Waals surface area contributed by atoms with E-state index in [1.165, 1.54) is 7.11 Å². The molecule has 1 aromatic heterocycles. The number of aromatic nitrogens is 1. The van der Waals surface area contributed by atoms with Gasteiger partial charge in [0, 0.05) is 43.0 Å². The number of rotatable bonds is 6. The van der Waals surface area contributed by atoms with Gasteiger partial charge >= 0.3 is 0 Å². The third kappa shape index (κ3) is 4.35. The van der Waals surface area contributed by atoms with Gasteiger partial charge in [-0.15, -0.1) is 0 Å². The number of hydrogen-bond acceptors (Lipinski definition) is 6. The molecule has 1 aliphatic rings. The second-order valence-corrected chi connectivity index (χ2v) is 7.91. The first-order chi connectivity index (χ1) is 12.4. The molecule has 8 nitrogen and oxygen atoms in total. The second kappa shape index (κ2) is 7.65. The van der Waals surface area contributed by atoms with E-state index < -0.39 is 10.2 Å². The van der Waals surface area contributed by atoms with Crippen LogP contribution in [0.3, 0.4) is 0 Å². The summed E-state index contributed by atoms with van der Waals surface area (Å²) in [6, 6.07) is 5.38. The molecule has 142 valence electrons. The summed E-state index contributed by atoms with van der Waals surface area (Å²) in [5, 5.41) is 15.9. The fourth-order valence-corrected chi connectivity index (χ4v) is 3.86. The Morgan fingerprint density at radius 1 is 1.38 bits per heavy atom. The van der Waals surface area contributed by atoms with E-state index >= 15 is 0 Å². The summed E-state index contributed by atoms with van der Waals surface area (Å²) in [4.78, 5) is 6.65. The summed E-state index contributed by atoms with van der Waals surface area (Å²) in [6.07, 6.45) is 4.48. The fraction of sp³-hybridized carbons (Fsp3) is 0.471. The van der Waals surface area contributed by atoms with Crippen molar-refractivity contribution in [1.29, 1.82) is 0 Å². The Hall–Kier alpha value is -2.10.